The number of nitrogens with one attached hydrogen (secondary N) is 1. The SMILES string of the molecule is CCc1cccc(CC)c1NC(=O)[C@@H](N)CC(C)C. The molecule has 19 heavy (non-hydrogen) atoms. The molecule has 3 N–H and O–H groups in total. The molecular weight excluding hydrogens is 236 g/mol. The van der Waals surface area contributed by atoms with Crippen molar-refractivity contribution in [2.24, 2.45) is 11.7 Å². The van der Waals surface area contributed by atoms with E-state index >= 15 is 0 Å². The Balaban J connectivity index is 2.89. The number of nitrogens with two attached hydrogens (primary N) is 1. The third-order valence-electron chi connectivity index (χ3n) is 3.31. The maximum atomic E-state index is 12.1. The van der Waals surface area contributed by atoms with Crippen molar-refractivity contribution in [3.63, 3.8) is 0 Å². The first kappa shape index (κ1) is 15.7. The fourth-order valence-electron chi connectivity index (χ4n) is 2.23. The summed E-state index contributed by atoms with van der Waals surface area (Å²) >= 11 is 0. The van der Waals surface area contributed by atoms with E-state index in [1.807, 2.05) is 6.07 Å². The number of anilines is 1. The Morgan fingerprint density at radius 1 is 1.21 bits per heavy atom. The number of amides is 1. The summed E-state index contributed by atoms with van der Waals surface area (Å²) < 4.78 is 0. The maximum absolute atomic E-state index is 12.1. The van der Waals surface area contributed by atoms with E-state index in [9.17, 15) is 4.79 Å². The van der Waals surface area contributed by atoms with Gasteiger partial charge in [-0.05, 0) is 36.3 Å². The van der Waals surface area contributed by atoms with Gasteiger partial charge in [-0.2, -0.15) is 0 Å². The second kappa shape index (κ2) is 7.29. The van der Waals surface area contributed by atoms with Crippen LogP contribution < -0.4 is 11.1 Å². The highest BCUT2D eigenvalue weighted by molar-refractivity contribution is 5.96. The summed E-state index contributed by atoms with van der Waals surface area (Å²) in [5.41, 5.74) is 9.23. The molecule has 0 spiro atoms. The molecule has 3 heteroatoms. The van der Waals surface area contributed by atoms with Crippen molar-refractivity contribution in [1.82, 2.24) is 0 Å². The molecule has 1 amide bonds. The smallest absolute Gasteiger partial charge is 0.241 e. The number of para-hydroxylation sites is 1. The average Bonchev–Trinajstić information content (AvgIpc) is 2.37. The van der Waals surface area contributed by atoms with Crippen LogP contribution in [0.15, 0.2) is 18.2 Å². The lowest BCUT2D eigenvalue weighted by Crippen LogP contribution is -2.37. The summed E-state index contributed by atoms with van der Waals surface area (Å²) in [7, 11) is 0. The lowest BCUT2D eigenvalue weighted by atomic mass is 10.0. The van der Waals surface area contributed by atoms with Gasteiger partial charge in [-0.1, -0.05) is 45.9 Å². The maximum Gasteiger partial charge on any atom is 0.241 e. The van der Waals surface area contributed by atoms with E-state index in [0.29, 0.717) is 12.3 Å². The molecular formula is C16H26N2O. The highest BCUT2D eigenvalue weighted by Gasteiger charge is 2.17. The lowest BCUT2D eigenvalue weighted by molar-refractivity contribution is -0.117. The first-order chi connectivity index (χ1) is 8.99. The van der Waals surface area contributed by atoms with Crippen LogP contribution in [0.1, 0.15) is 45.2 Å². The molecule has 0 heterocycles. The highest BCUT2D eigenvalue weighted by Crippen LogP contribution is 2.23. The summed E-state index contributed by atoms with van der Waals surface area (Å²) in [5, 5.41) is 3.02. The summed E-state index contributed by atoms with van der Waals surface area (Å²) in [5.74, 6) is 0.345. The third kappa shape index (κ3) is 4.35. The van der Waals surface area contributed by atoms with Crippen molar-refractivity contribution in [3.05, 3.63) is 29.3 Å². The Morgan fingerprint density at radius 2 is 1.74 bits per heavy atom. The molecule has 1 aromatic carbocycles. The van der Waals surface area contributed by atoms with E-state index in [4.69, 9.17) is 5.73 Å². The third-order valence-corrected chi connectivity index (χ3v) is 3.31. The first-order valence-electron chi connectivity index (χ1n) is 7.16. The van der Waals surface area contributed by atoms with Gasteiger partial charge in [-0.15, -0.1) is 0 Å². The molecule has 1 atom stereocenters. The van der Waals surface area contributed by atoms with Gasteiger partial charge in [0.05, 0.1) is 6.04 Å². The predicted octanol–water partition coefficient (Wildman–Crippen LogP) is 3.12. The number of hydrogen-bond acceptors (Lipinski definition) is 2. The van der Waals surface area contributed by atoms with Crippen LogP contribution in [0, 0.1) is 5.92 Å². The second-order valence-corrected chi connectivity index (χ2v) is 5.38. The second-order valence-electron chi connectivity index (χ2n) is 5.38. The Kier molecular flexibility index (Phi) is 6.03. The van der Waals surface area contributed by atoms with Gasteiger partial charge in [0.1, 0.15) is 0 Å². The van der Waals surface area contributed by atoms with E-state index in [1.165, 1.54) is 11.1 Å². The van der Waals surface area contributed by atoms with Crippen LogP contribution >= 0.6 is 0 Å². The topological polar surface area (TPSA) is 55.1 Å². The van der Waals surface area contributed by atoms with E-state index in [1.54, 1.807) is 0 Å². The zero-order valence-electron chi connectivity index (χ0n) is 12.5. The standard InChI is InChI=1S/C16H26N2O/c1-5-12-8-7-9-13(6-2)15(12)18-16(19)14(17)10-11(3)4/h7-9,11,14H,5-6,10,17H2,1-4H3,(H,18,19)/t14-/m0/s1. The van der Waals surface area contributed by atoms with Crippen molar-refractivity contribution >= 4 is 11.6 Å². The number of carbonyl (C=O) groups excluding carboxylic acids is 1. The van der Waals surface area contributed by atoms with Gasteiger partial charge in [0.15, 0.2) is 0 Å². The summed E-state index contributed by atoms with van der Waals surface area (Å²) in [6.45, 7) is 8.34. The summed E-state index contributed by atoms with van der Waals surface area (Å²) in [6.07, 6.45) is 2.52. The quantitative estimate of drug-likeness (QED) is 0.827. The van der Waals surface area contributed by atoms with Gasteiger partial charge in [-0.3, -0.25) is 4.79 Å². The lowest BCUT2D eigenvalue weighted by Gasteiger charge is -2.18. The molecule has 0 aliphatic rings. The van der Waals surface area contributed by atoms with Crippen LogP contribution in [0.2, 0.25) is 0 Å². The summed E-state index contributed by atoms with van der Waals surface area (Å²) in [6, 6.07) is 5.72. The van der Waals surface area contributed by atoms with Gasteiger partial charge >= 0.3 is 0 Å². The van der Waals surface area contributed by atoms with E-state index in [-0.39, 0.29) is 5.91 Å². The van der Waals surface area contributed by atoms with Crippen molar-refractivity contribution in [3.8, 4) is 0 Å². The van der Waals surface area contributed by atoms with Crippen LogP contribution in [-0.2, 0) is 17.6 Å². The van der Waals surface area contributed by atoms with Crippen LogP contribution in [0.3, 0.4) is 0 Å². The number of aryl methyl sites for hydroxylation is 2. The van der Waals surface area contributed by atoms with Gasteiger partial charge in [0, 0.05) is 5.69 Å². The average molecular weight is 262 g/mol. The molecule has 0 radical (unpaired) electrons. The molecule has 0 unspecified atom stereocenters. The molecule has 0 bridgehead atoms. The molecule has 0 aliphatic carbocycles. The Morgan fingerprint density at radius 3 is 2.16 bits per heavy atom. The minimum atomic E-state index is -0.436. The zero-order valence-corrected chi connectivity index (χ0v) is 12.5. The minimum absolute atomic E-state index is 0.0794. The minimum Gasteiger partial charge on any atom is -0.324 e. The molecule has 0 fully saturated rings. The number of rotatable bonds is 6. The summed E-state index contributed by atoms with van der Waals surface area (Å²) in [4.78, 5) is 12.1. The molecule has 1 aromatic rings. The van der Waals surface area contributed by atoms with Crippen LogP contribution in [-0.4, -0.2) is 11.9 Å². The Bertz CT molecular complexity index is 405. The molecule has 0 aromatic heterocycles. The van der Waals surface area contributed by atoms with E-state index < -0.39 is 6.04 Å². The fraction of sp³-hybridized carbons (Fsp3) is 0.562. The normalized spacial score (nSPS) is 12.5. The zero-order chi connectivity index (χ0) is 14.4. The number of benzene rings is 1. The molecule has 3 nitrogen and oxygen atoms in total. The van der Waals surface area contributed by atoms with Gasteiger partial charge in [0.2, 0.25) is 5.91 Å². The Labute approximate surface area is 116 Å². The van der Waals surface area contributed by atoms with Gasteiger partial charge in [-0.25, -0.2) is 0 Å². The monoisotopic (exact) mass is 262 g/mol. The van der Waals surface area contributed by atoms with Gasteiger partial charge < -0.3 is 11.1 Å². The van der Waals surface area contributed by atoms with Crippen LogP contribution in [0.5, 0.6) is 0 Å². The van der Waals surface area contributed by atoms with E-state index in [0.717, 1.165) is 18.5 Å². The number of carbonyl (C=O) groups is 1. The van der Waals surface area contributed by atoms with Crippen LogP contribution in [0.4, 0.5) is 5.69 Å². The largest absolute Gasteiger partial charge is 0.324 e. The molecule has 0 aliphatic heterocycles. The van der Waals surface area contributed by atoms with Crippen molar-refractivity contribution < 1.29 is 4.79 Å². The first-order valence-corrected chi connectivity index (χ1v) is 7.16. The van der Waals surface area contributed by atoms with Crippen molar-refractivity contribution in [1.29, 1.82) is 0 Å². The molecule has 1 rings (SSSR count). The molecule has 0 saturated carbocycles. The van der Waals surface area contributed by atoms with E-state index in [2.05, 4.69) is 45.1 Å². The van der Waals surface area contributed by atoms with Crippen LogP contribution in [0.25, 0.3) is 0 Å². The molecule has 0 saturated heterocycles. The number of hydrogen-bond donors (Lipinski definition) is 2. The highest BCUT2D eigenvalue weighted by atomic mass is 16.2. The predicted molar refractivity (Wildman–Crippen MR) is 81.3 cm³/mol. The Hall–Kier alpha value is -1.35. The fourth-order valence-corrected chi connectivity index (χ4v) is 2.23. The van der Waals surface area contributed by atoms with Crippen molar-refractivity contribution in [2.75, 3.05) is 5.32 Å². The van der Waals surface area contributed by atoms with Crippen molar-refractivity contribution in [2.45, 2.75) is 53.0 Å². The molecule has 106 valence electrons. The van der Waals surface area contributed by atoms with Gasteiger partial charge in [0.25, 0.3) is 0 Å².